The lowest BCUT2D eigenvalue weighted by molar-refractivity contribution is 0.0873. The Morgan fingerprint density at radius 1 is 1.09 bits per heavy atom. The van der Waals surface area contributed by atoms with Gasteiger partial charge in [-0.1, -0.05) is 0 Å². The van der Waals surface area contributed by atoms with Gasteiger partial charge in [0.1, 0.15) is 12.1 Å². The Morgan fingerprint density at radius 3 is 2.38 bits per heavy atom. The van der Waals surface area contributed by atoms with Crippen molar-refractivity contribution in [3.63, 3.8) is 0 Å². The van der Waals surface area contributed by atoms with Gasteiger partial charge >= 0.3 is 0 Å². The van der Waals surface area contributed by atoms with Gasteiger partial charge in [0.25, 0.3) is 11.5 Å². The number of methoxy groups -OCH3 is 1. The molecule has 1 aromatic heterocycles. The van der Waals surface area contributed by atoms with E-state index in [2.05, 4.69) is 43.3 Å². The molecule has 0 bridgehead atoms. The molecule has 0 atom stereocenters. The lowest BCUT2D eigenvalue weighted by atomic mass is 9.79. The first kappa shape index (κ1) is 22.0. The molecule has 1 fully saturated rings. The van der Waals surface area contributed by atoms with Crippen LogP contribution in [0.25, 0.3) is 16.6 Å². The first-order valence-electron chi connectivity index (χ1n) is 10.8. The number of benzene rings is 2. The lowest BCUT2D eigenvalue weighted by Gasteiger charge is -2.46. The van der Waals surface area contributed by atoms with E-state index in [1.54, 1.807) is 49.6 Å². The SMILES string of the molecule is COc1ccc(-n2cnc3cc(C(=O)NC4CC(C)(C)NC(C)(C)C4)ccc3c2=O)cc1. The van der Waals surface area contributed by atoms with Crippen LogP contribution < -0.4 is 20.9 Å². The third-order valence-electron chi connectivity index (χ3n) is 5.90. The predicted octanol–water partition coefficient (Wildman–Crippen LogP) is 3.43. The van der Waals surface area contributed by atoms with E-state index in [1.807, 2.05) is 0 Å². The number of ether oxygens (including phenoxy) is 1. The second-order valence-electron chi connectivity index (χ2n) is 9.82. The molecular formula is C25H30N4O3. The molecule has 3 aromatic rings. The first-order valence-corrected chi connectivity index (χ1v) is 10.8. The highest BCUT2D eigenvalue weighted by molar-refractivity contribution is 5.97. The average molecular weight is 435 g/mol. The van der Waals surface area contributed by atoms with Gasteiger partial charge in [-0.2, -0.15) is 0 Å². The van der Waals surface area contributed by atoms with Crippen molar-refractivity contribution in [1.29, 1.82) is 0 Å². The van der Waals surface area contributed by atoms with Crippen molar-refractivity contribution in [3.05, 3.63) is 64.7 Å². The van der Waals surface area contributed by atoms with Crippen molar-refractivity contribution < 1.29 is 9.53 Å². The minimum absolute atomic E-state index is 0.0584. The smallest absolute Gasteiger partial charge is 0.265 e. The van der Waals surface area contributed by atoms with Gasteiger partial charge in [-0.25, -0.2) is 4.98 Å². The summed E-state index contributed by atoms with van der Waals surface area (Å²) in [6.45, 7) is 8.61. The maximum atomic E-state index is 13.0. The number of piperidine rings is 1. The van der Waals surface area contributed by atoms with Gasteiger partial charge in [0.05, 0.1) is 23.7 Å². The van der Waals surface area contributed by atoms with Gasteiger partial charge in [0.2, 0.25) is 0 Å². The van der Waals surface area contributed by atoms with Crippen LogP contribution in [0.3, 0.4) is 0 Å². The normalized spacial score (nSPS) is 17.8. The first-order chi connectivity index (χ1) is 15.1. The lowest BCUT2D eigenvalue weighted by Crippen LogP contribution is -2.62. The van der Waals surface area contributed by atoms with Crippen molar-refractivity contribution in [2.24, 2.45) is 0 Å². The summed E-state index contributed by atoms with van der Waals surface area (Å²) in [6, 6.07) is 12.3. The quantitative estimate of drug-likeness (QED) is 0.657. The summed E-state index contributed by atoms with van der Waals surface area (Å²) < 4.78 is 6.66. The third kappa shape index (κ3) is 4.53. The fourth-order valence-corrected chi connectivity index (χ4v) is 4.88. The minimum atomic E-state index is -0.186. The van der Waals surface area contributed by atoms with Crippen molar-refractivity contribution in [2.45, 2.75) is 57.7 Å². The van der Waals surface area contributed by atoms with E-state index in [-0.39, 0.29) is 28.6 Å². The number of rotatable bonds is 4. The molecule has 1 aliphatic rings. The Labute approximate surface area is 187 Å². The van der Waals surface area contributed by atoms with Crippen molar-refractivity contribution >= 4 is 16.8 Å². The van der Waals surface area contributed by atoms with E-state index in [0.717, 1.165) is 12.8 Å². The highest BCUT2D eigenvalue weighted by atomic mass is 16.5. The van der Waals surface area contributed by atoms with E-state index in [1.165, 1.54) is 10.9 Å². The number of nitrogens with zero attached hydrogens (tertiary/aromatic N) is 2. The van der Waals surface area contributed by atoms with Gasteiger partial charge in [0.15, 0.2) is 0 Å². The van der Waals surface area contributed by atoms with E-state index in [9.17, 15) is 9.59 Å². The molecule has 7 nitrogen and oxygen atoms in total. The highest BCUT2D eigenvalue weighted by Crippen LogP contribution is 2.28. The van der Waals surface area contributed by atoms with Crippen LogP contribution in [0.1, 0.15) is 50.9 Å². The average Bonchev–Trinajstić information content (AvgIpc) is 2.71. The Balaban J connectivity index is 1.58. The topological polar surface area (TPSA) is 85.2 Å². The molecule has 32 heavy (non-hydrogen) atoms. The standard InChI is InChI=1S/C25H30N4O3/c1-24(2)13-17(14-25(3,4)28-24)27-22(30)16-6-11-20-21(12-16)26-15-29(23(20)31)18-7-9-19(32-5)10-8-18/h6-12,15,17,28H,13-14H2,1-5H3,(H,27,30). The number of aromatic nitrogens is 2. The zero-order chi connectivity index (χ0) is 23.1. The number of hydrogen-bond donors (Lipinski definition) is 2. The van der Waals surface area contributed by atoms with Crippen LogP contribution in [-0.4, -0.2) is 39.7 Å². The molecule has 2 heterocycles. The fourth-order valence-electron chi connectivity index (χ4n) is 4.88. The van der Waals surface area contributed by atoms with E-state index < -0.39 is 0 Å². The molecule has 4 rings (SSSR count). The maximum absolute atomic E-state index is 13.0. The van der Waals surface area contributed by atoms with Crippen LogP contribution in [-0.2, 0) is 0 Å². The Kier molecular flexibility index (Phi) is 5.54. The summed E-state index contributed by atoms with van der Waals surface area (Å²) >= 11 is 0. The molecule has 1 saturated heterocycles. The zero-order valence-corrected chi connectivity index (χ0v) is 19.2. The molecule has 2 N–H and O–H groups in total. The molecule has 1 amide bonds. The number of fused-ring (bicyclic) bond motifs is 1. The summed E-state index contributed by atoms with van der Waals surface area (Å²) in [5.74, 6) is 0.568. The number of carbonyl (C=O) groups is 1. The molecule has 0 saturated carbocycles. The number of nitrogens with one attached hydrogen (secondary N) is 2. The van der Waals surface area contributed by atoms with E-state index in [0.29, 0.717) is 27.9 Å². The number of carbonyl (C=O) groups excluding carboxylic acids is 1. The number of hydrogen-bond acceptors (Lipinski definition) is 5. The molecule has 1 aliphatic heterocycles. The largest absolute Gasteiger partial charge is 0.497 e. The van der Waals surface area contributed by atoms with Crippen LogP contribution in [0.4, 0.5) is 0 Å². The van der Waals surface area contributed by atoms with E-state index >= 15 is 0 Å². The molecule has 0 unspecified atom stereocenters. The minimum Gasteiger partial charge on any atom is -0.497 e. The van der Waals surface area contributed by atoms with Gasteiger partial charge in [-0.05, 0) is 83.0 Å². The van der Waals surface area contributed by atoms with Crippen LogP contribution in [0.15, 0.2) is 53.6 Å². The third-order valence-corrected chi connectivity index (χ3v) is 5.90. The zero-order valence-electron chi connectivity index (χ0n) is 19.2. The Bertz CT molecular complexity index is 1200. The van der Waals surface area contributed by atoms with Crippen molar-refractivity contribution in [2.75, 3.05) is 7.11 Å². The predicted molar refractivity (Wildman–Crippen MR) is 126 cm³/mol. The summed E-state index contributed by atoms with van der Waals surface area (Å²) in [6.07, 6.45) is 3.19. The van der Waals surface area contributed by atoms with Crippen LogP contribution in [0, 0.1) is 0 Å². The summed E-state index contributed by atoms with van der Waals surface area (Å²) in [5.41, 5.74) is 1.39. The molecule has 0 radical (unpaired) electrons. The van der Waals surface area contributed by atoms with Crippen LogP contribution in [0.5, 0.6) is 5.75 Å². The van der Waals surface area contributed by atoms with Gasteiger partial charge in [-0.15, -0.1) is 0 Å². The summed E-state index contributed by atoms with van der Waals surface area (Å²) in [4.78, 5) is 30.4. The second-order valence-corrected chi connectivity index (χ2v) is 9.82. The molecule has 0 spiro atoms. The monoisotopic (exact) mass is 434 g/mol. The Hall–Kier alpha value is -3.19. The van der Waals surface area contributed by atoms with Gasteiger partial charge in [-0.3, -0.25) is 14.2 Å². The molecule has 2 aromatic carbocycles. The molecule has 0 aliphatic carbocycles. The molecule has 7 heteroatoms. The molecule has 168 valence electrons. The van der Waals surface area contributed by atoms with E-state index in [4.69, 9.17) is 4.74 Å². The van der Waals surface area contributed by atoms with Crippen molar-refractivity contribution in [3.8, 4) is 11.4 Å². The van der Waals surface area contributed by atoms with Gasteiger partial charge < -0.3 is 15.4 Å². The van der Waals surface area contributed by atoms with Crippen LogP contribution in [0.2, 0.25) is 0 Å². The van der Waals surface area contributed by atoms with Gasteiger partial charge in [0, 0.05) is 22.7 Å². The highest BCUT2D eigenvalue weighted by Gasteiger charge is 2.38. The van der Waals surface area contributed by atoms with Crippen molar-refractivity contribution in [1.82, 2.24) is 20.2 Å². The summed E-state index contributed by atoms with van der Waals surface area (Å²) in [5, 5.41) is 7.26. The fraction of sp³-hybridized carbons (Fsp3) is 0.400. The Morgan fingerprint density at radius 2 is 1.75 bits per heavy atom. The number of amides is 1. The molecular weight excluding hydrogens is 404 g/mol. The second kappa shape index (κ2) is 8.06. The maximum Gasteiger partial charge on any atom is 0.265 e. The summed E-state index contributed by atoms with van der Waals surface area (Å²) in [7, 11) is 1.60. The van der Waals surface area contributed by atoms with Crippen LogP contribution >= 0.6 is 0 Å².